The predicted molar refractivity (Wildman–Crippen MR) is 108 cm³/mol. The molecule has 0 saturated heterocycles. The van der Waals surface area contributed by atoms with Crippen LogP contribution in [0.5, 0.6) is 5.75 Å². The van der Waals surface area contributed by atoms with E-state index in [1.54, 1.807) is 18.2 Å². The third kappa shape index (κ3) is 3.47. The van der Waals surface area contributed by atoms with E-state index in [9.17, 15) is 4.79 Å². The largest absolute Gasteiger partial charge is 0.496 e. The van der Waals surface area contributed by atoms with Crippen molar-refractivity contribution in [1.82, 2.24) is 9.55 Å². The summed E-state index contributed by atoms with van der Waals surface area (Å²) in [6.45, 7) is 0.739. The Balaban J connectivity index is 1.57. The highest BCUT2D eigenvalue weighted by Crippen LogP contribution is 2.25. The van der Waals surface area contributed by atoms with E-state index in [0.29, 0.717) is 17.9 Å². The molecule has 1 heterocycles. The summed E-state index contributed by atoms with van der Waals surface area (Å²) in [6, 6.07) is 25.0. The van der Waals surface area contributed by atoms with Gasteiger partial charge in [-0.2, -0.15) is 0 Å². The van der Waals surface area contributed by atoms with Gasteiger partial charge in [0.05, 0.1) is 24.7 Å². The summed E-state index contributed by atoms with van der Waals surface area (Å²) in [4.78, 5) is 17.2. The molecular weight excluding hydrogens is 352 g/mol. The number of methoxy groups -OCH3 is 1. The van der Waals surface area contributed by atoms with Gasteiger partial charge in [-0.1, -0.05) is 54.6 Å². The SMILES string of the molecule is COc1ccccc1C(=O)OCCn1c(-c2ccccc2)nc2ccccc21. The Morgan fingerprint density at radius 1 is 0.929 bits per heavy atom. The lowest BCUT2D eigenvalue weighted by molar-refractivity contribution is 0.0489. The zero-order valence-electron chi connectivity index (χ0n) is 15.5. The number of hydrogen-bond donors (Lipinski definition) is 0. The molecule has 0 aliphatic carbocycles. The van der Waals surface area contributed by atoms with Crippen molar-refractivity contribution in [2.45, 2.75) is 6.54 Å². The van der Waals surface area contributed by atoms with E-state index < -0.39 is 5.97 Å². The highest BCUT2D eigenvalue weighted by molar-refractivity contribution is 5.92. The Kier molecular flexibility index (Phi) is 5.06. The average Bonchev–Trinajstić information content (AvgIpc) is 3.13. The highest BCUT2D eigenvalue weighted by atomic mass is 16.5. The number of ether oxygens (including phenoxy) is 2. The van der Waals surface area contributed by atoms with Crippen molar-refractivity contribution in [3.8, 4) is 17.1 Å². The fourth-order valence-corrected chi connectivity index (χ4v) is 3.23. The topological polar surface area (TPSA) is 53.4 Å². The zero-order valence-corrected chi connectivity index (χ0v) is 15.5. The first-order valence-corrected chi connectivity index (χ1v) is 9.09. The van der Waals surface area contributed by atoms with Crippen molar-refractivity contribution >= 4 is 17.0 Å². The van der Waals surface area contributed by atoms with Gasteiger partial charge in [0.2, 0.25) is 0 Å². The van der Waals surface area contributed by atoms with E-state index in [1.165, 1.54) is 7.11 Å². The van der Waals surface area contributed by atoms with Gasteiger partial charge in [0, 0.05) is 5.56 Å². The molecule has 3 aromatic carbocycles. The van der Waals surface area contributed by atoms with Gasteiger partial charge in [-0.25, -0.2) is 9.78 Å². The summed E-state index contributed by atoms with van der Waals surface area (Å²) >= 11 is 0. The van der Waals surface area contributed by atoms with E-state index in [-0.39, 0.29) is 6.61 Å². The lowest BCUT2D eigenvalue weighted by atomic mass is 10.2. The zero-order chi connectivity index (χ0) is 19.3. The van der Waals surface area contributed by atoms with Crippen molar-refractivity contribution in [3.05, 3.63) is 84.4 Å². The molecule has 4 rings (SSSR count). The average molecular weight is 372 g/mol. The number of aromatic nitrogens is 2. The van der Waals surface area contributed by atoms with Gasteiger partial charge in [-0.15, -0.1) is 0 Å². The highest BCUT2D eigenvalue weighted by Gasteiger charge is 2.15. The maximum Gasteiger partial charge on any atom is 0.341 e. The van der Waals surface area contributed by atoms with Crippen LogP contribution in [-0.4, -0.2) is 29.2 Å². The summed E-state index contributed by atoms with van der Waals surface area (Å²) in [7, 11) is 1.54. The van der Waals surface area contributed by atoms with Crippen LogP contribution in [0, 0.1) is 0 Å². The smallest absolute Gasteiger partial charge is 0.341 e. The van der Waals surface area contributed by atoms with Crippen LogP contribution in [-0.2, 0) is 11.3 Å². The minimum Gasteiger partial charge on any atom is -0.496 e. The quantitative estimate of drug-likeness (QED) is 0.465. The number of fused-ring (bicyclic) bond motifs is 1. The second-order valence-corrected chi connectivity index (χ2v) is 6.28. The van der Waals surface area contributed by atoms with E-state index >= 15 is 0 Å². The molecule has 5 nitrogen and oxygen atoms in total. The number of benzene rings is 3. The fourth-order valence-electron chi connectivity index (χ4n) is 3.23. The summed E-state index contributed by atoms with van der Waals surface area (Å²) in [5.41, 5.74) is 3.37. The fraction of sp³-hybridized carbons (Fsp3) is 0.130. The molecule has 4 aromatic rings. The first kappa shape index (κ1) is 17.8. The number of hydrogen-bond acceptors (Lipinski definition) is 4. The van der Waals surface area contributed by atoms with Gasteiger partial charge in [0.1, 0.15) is 23.7 Å². The van der Waals surface area contributed by atoms with Crippen LogP contribution >= 0.6 is 0 Å². The normalized spacial score (nSPS) is 10.8. The summed E-state index contributed by atoms with van der Waals surface area (Å²) in [5.74, 6) is 0.962. The van der Waals surface area contributed by atoms with Crippen molar-refractivity contribution in [3.63, 3.8) is 0 Å². The Labute approximate surface area is 163 Å². The number of carbonyl (C=O) groups excluding carboxylic acids is 1. The second-order valence-electron chi connectivity index (χ2n) is 6.28. The maximum atomic E-state index is 12.4. The molecule has 0 amide bonds. The van der Waals surface area contributed by atoms with Crippen molar-refractivity contribution in [2.24, 2.45) is 0 Å². The molecule has 28 heavy (non-hydrogen) atoms. The standard InChI is InChI=1S/C23H20N2O3/c1-27-21-14-8-5-11-18(21)23(26)28-16-15-25-20-13-7-6-12-19(20)24-22(25)17-9-3-2-4-10-17/h2-14H,15-16H2,1H3. The molecule has 0 radical (unpaired) electrons. The second kappa shape index (κ2) is 7.96. The summed E-state index contributed by atoms with van der Waals surface area (Å²) in [6.07, 6.45) is 0. The lowest BCUT2D eigenvalue weighted by Crippen LogP contribution is -2.13. The van der Waals surface area contributed by atoms with Crippen LogP contribution in [0.25, 0.3) is 22.4 Å². The van der Waals surface area contributed by atoms with Crippen molar-refractivity contribution in [2.75, 3.05) is 13.7 Å². The van der Waals surface area contributed by atoms with E-state index in [4.69, 9.17) is 14.5 Å². The molecule has 5 heteroatoms. The Bertz CT molecular complexity index is 1100. The van der Waals surface area contributed by atoms with Crippen LogP contribution in [0.1, 0.15) is 10.4 Å². The summed E-state index contributed by atoms with van der Waals surface area (Å²) in [5, 5.41) is 0. The van der Waals surface area contributed by atoms with Crippen LogP contribution < -0.4 is 4.74 Å². The number of imidazole rings is 1. The number of esters is 1. The number of nitrogens with zero attached hydrogens (tertiary/aromatic N) is 2. The van der Waals surface area contributed by atoms with Gasteiger partial charge in [-0.05, 0) is 24.3 Å². The molecule has 140 valence electrons. The van der Waals surface area contributed by atoms with Crippen molar-refractivity contribution < 1.29 is 14.3 Å². The molecule has 0 N–H and O–H groups in total. The molecule has 0 saturated carbocycles. The van der Waals surface area contributed by atoms with E-state index in [0.717, 1.165) is 22.4 Å². The molecule has 0 unspecified atom stereocenters. The van der Waals surface area contributed by atoms with Crippen LogP contribution in [0.2, 0.25) is 0 Å². The number of carbonyl (C=O) groups is 1. The Morgan fingerprint density at radius 3 is 2.46 bits per heavy atom. The summed E-state index contributed by atoms with van der Waals surface area (Å²) < 4.78 is 12.8. The molecule has 0 atom stereocenters. The maximum absolute atomic E-state index is 12.4. The van der Waals surface area contributed by atoms with E-state index in [1.807, 2.05) is 60.7 Å². The Morgan fingerprint density at radius 2 is 1.64 bits per heavy atom. The monoisotopic (exact) mass is 372 g/mol. The molecule has 0 aliphatic heterocycles. The molecule has 0 aliphatic rings. The van der Waals surface area contributed by atoms with Gasteiger partial charge >= 0.3 is 5.97 Å². The molecule has 0 fully saturated rings. The first-order valence-electron chi connectivity index (χ1n) is 9.09. The van der Waals surface area contributed by atoms with E-state index in [2.05, 4.69) is 4.57 Å². The van der Waals surface area contributed by atoms with Gasteiger partial charge in [0.15, 0.2) is 0 Å². The molecular formula is C23H20N2O3. The van der Waals surface area contributed by atoms with Crippen molar-refractivity contribution in [1.29, 1.82) is 0 Å². The predicted octanol–water partition coefficient (Wildman–Crippen LogP) is 4.57. The first-order chi connectivity index (χ1) is 13.8. The number of para-hydroxylation sites is 3. The Hall–Kier alpha value is -3.60. The van der Waals surface area contributed by atoms with Crippen LogP contribution in [0.4, 0.5) is 0 Å². The third-order valence-corrected chi connectivity index (χ3v) is 4.56. The van der Waals surface area contributed by atoms with Gasteiger partial charge in [0.25, 0.3) is 0 Å². The van der Waals surface area contributed by atoms with Crippen LogP contribution in [0.15, 0.2) is 78.9 Å². The molecule has 1 aromatic heterocycles. The lowest BCUT2D eigenvalue weighted by Gasteiger charge is -2.11. The van der Waals surface area contributed by atoms with Crippen LogP contribution in [0.3, 0.4) is 0 Å². The third-order valence-electron chi connectivity index (χ3n) is 4.56. The number of rotatable bonds is 6. The molecule has 0 bridgehead atoms. The van der Waals surface area contributed by atoms with Gasteiger partial charge < -0.3 is 14.0 Å². The minimum absolute atomic E-state index is 0.233. The van der Waals surface area contributed by atoms with Gasteiger partial charge in [-0.3, -0.25) is 0 Å². The molecule has 0 spiro atoms. The minimum atomic E-state index is -0.400.